The molecule has 0 radical (unpaired) electrons. The van der Waals surface area contributed by atoms with Gasteiger partial charge in [0.1, 0.15) is 5.82 Å². The van der Waals surface area contributed by atoms with Crippen molar-refractivity contribution in [3.8, 4) is 0 Å². The van der Waals surface area contributed by atoms with Gasteiger partial charge in [0.2, 0.25) is 0 Å². The molecule has 21 heavy (non-hydrogen) atoms. The minimum Gasteiger partial charge on any atom is -0.370 e. The second kappa shape index (κ2) is 7.79. The van der Waals surface area contributed by atoms with Gasteiger partial charge in [-0.25, -0.2) is 4.98 Å². The highest BCUT2D eigenvalue weighted by molar-refractivity contribution is 5.43. The molecular weight excluding hydrogens is 258 g/mol. The molecule has 1 N–H and O–H groups in total. The second-order valence-electron chi connectivity index (χ2n) is 5.54. The van der Waals surface area contributed by atoms with Crippen molar-refractivity contribution in [2.24, 2.45) is 0 Å². The van der Waals surface area contributed by atoms with E-state index < -0.39 is 0 Å². The first-order valence-corrected chi connectivity index (χ1v) is 7.61. The topological polar surface area (TPSA) is 28.2 Å². The molecule has 3 heteroatoms. The molecule has 0 bridgehead atoms. The summed E-state index contributed by atoms with van der Waals surface area (Å²) >= 11 is 0. The molecule has 0 amide bonds. The Labute approximate surface area is 128 Å². The smallest absolute Gasteiger partial charge is 0.130 e. The third-order valence-electron chi connectivity index (χ3n) is 3.58. The Kier molecular flexibility index (Phi) is 5.76. The van der Waals surface area contributed by atoms with E-state index in [1.165, 1.54) is 16.7 Å². The number of nitrogens with one attached hydrogen (secondary N) is 1. The molecular formula is C18H25N3. The molecule has 0 unspecified atom stereocenters. The van der Waals surface area contributed by atoms with E-state index in [9.17, 15) is 0 Å². The highest BCUT2D eigenvalue weighted by atomic mass is 15.1. The summed E-state index contributed by atoms with van der Waals surface area (Å²) in [6, 6.07) is 12.7. The summed E-state index contributed by atoms with van der Waals surface area (Å²) in [5, 5.41) is 3.41. The van der Waals surface area contributed by atoms with Crippen LogP contribution in [-0.4, -0.2) is 23.5 Å². The van der Waals surface area contributed by atoms with E-state index in [1.54, 1.807) is 0 Å². The molecule has 1 heterocycles. The van der Waals surface area contributed by atoms with Gasteiger partial charge in [-0.05, 0) is 37.6 Å². The first kappa shape index (κ1) is 15.5. The van der Waals surface area contributed by atoms with Gasteiger partial charge in [-0.1, -0.05) is 37.3 Å². The molecule has 3 nitrogen and oxygen atoms in total. The van der Waals surface area contributed by atoms with Gasteiger partial charge in [-0.2, -0.15) is 0 Å². The van der Waals surface area contributed by atoms with Crippen LogP contribution in [0.5, 0.6) is 0 Å². The minimum absolute atomic E-state index is 0.897. The molecule has 0 fully saturated rings. The molecule has 0 aliphatic heterocycles. The number of hydrogen-bond acceptors (Lipinski definition) is 3. The van der Waals surface area contributed by atoms with Crippen molar-refractivity contribution in [3.63, 3.8) is 0 Å². The average molecular weight is 283 g/mol. The van der Waals surface area contributed by atoms with Crippen molar-refractivity contribution in [3.05, 3.63) is 59.3 Å². The first-order chi connectivity index (χ1) is 10.2. The zero-order valence-electron chi connectivity index (χ0n) is 13.3. The van der Waals surface area contributed by atoms with Gasteiger partial charge < -0.3 is 5.32 Å². The molecule has 2 aromatic rings. The number of aromatic nitrogens is 1. The van der Waals surface area contributed by atoms with Crippen molar-refractivity contribution in [2.75, 3.05) is 18.9 Å². The minimum atomic E-state index is 0.897. The lowest BCUT2D eigenvalue weighted by molar-refractivity contribution is 0.318. The Bertz CT molecular complexity index is 566. The summed E-state index contributed by atoms with van der Waals surface area (Å²) in [7, 11) is 2.16. The van der Waals surface area contributed by atoms with Crippen LogP contribution in [0, 0.1) is 6.92 Å². The van der Waals surface area contributed by atoms with Crippen LogP contribution in [-0.2, 0) is 13.1 Å². The molecule has 0 aliphatic carbocycles. The van der Waals surface area contributed by atoms with Crippen LogP contribution in [0.15, 0.2) is 42.6 Å². The fourth-order valence-electron chi connectivity index (χ4n) is 2.39. The van der Waals surface area contributed by atoms with Crippen LogP contribution < -0.4 is 5.32 Å². The molecule has 112 valence electrons. The maximum absolute atomic E-state index is 4.46. The van der Waals surface area contributed by atoms with Crippen LogP contribution in [0.2, 0.25) is 0 Å². The van der Waals surface area contributed by atoms with E-state index in [2.05, 4.69) is 66.4 Å². The van der Waals surface area contributed by atoms with Crippen molar-refractivity contribution >= 4 is 5.82 Å². The van der Waals surface area contributed by atoms with Crippen LogP contribution in [0.3, 0.4) is 0 Å². The summed E-state index contributed by atoms with van der Waals surface area (Å²) in [6.07, 6.45) is 2.96. The van der Waals surface area contributed by atoms with Gasteiger partial charge >= 0.3 is 0 Å². The monoisotopic (exact) mass is 283 g/mol. The fraction of sp³-hybridized carbons (Fsp3) is 0.389. The number of benzene rings is 1. The Morgan fingerprint density at radius 1 is 1.05 bits per heavy atom. The van der Waals surface area contributed by atoms with Crippen molar-refractivity contribution in [2.45, 2.75) is 33.4 Å². The summed E-state index contributed by atoms with van der Waals surface area (Å²) in [5.74, 6) is 1.01. The van der Waals surface area contributed by atoms with E-state index in [1.807, 2.05) is 12.3 Å². The largest absolute Gasteiger partial charge is 0.370 e. The molecule has 2 rings (SSSR count). The highest BCUT2D eigenvalue weighted by Gasteiger charge is 2.07. The van der Waals surface area contributed by atoms with Gasteiger partial charge in [0, 0.05) is 31.4 Å². The molecule has 0 atom stereocenters. The molecule has 1 aromatic heterocycles. The lowest BCUT2D eigenvalue weighted by Crippen LogP contribution is -2.19. The van der Waals surface area contributed by atoms with E-state index >= 15 is 0 Å². The Morgan fingerprint density at radius 3 is 2.52 bits per heavy atom. The van der Waals surface area contributed by atoms with Crippen LogP contribution in [0.25, 0.3) is 0 Å². The van der Waals surface area contributed by atoms with Gasteiger partial charge in [-0.3, -0.25) is 4.90 Å². The van der Waals surface area contributed by atoms with Gasteiger partial charge in [0.15, 0.2) is 0 Å². The average Bonchev–Trinajstić information content (AvgIpc) is 2.49. The van der Waals surface area contributed by atoms with E-state index in [4.69, 9.17) is 0 Å². The second-order valence-corrected chi connectivity index (χ2v) is 5.54. The van der Waals surface area contributed by atoms with Crippen molar-refractivity contribution in [1.82, 2.24) is 9.88 Å². The molecule has 1 aromatic carbocycles. The zero-order chi connectivity index (χ0) is 15.1. The van der Waals surface area contributed by atoms with Gasteiger partial charge in [0.25, 0.3) is 0 Å². The van der Waals surface area contributed by atoms with Crippen molar-refractivity contribution < 1.29 is 0 Å². The maximum Gasteiger partial charge on any atom is 0.130 e. The lowest BCUT2D eigenvalue weighted by Gasteiger charge is -2.19. The summed E-state index contributed by atoms with van der Waals surface area (Å²) in [4.78, 5) is 6.79. The number of hydrogen-bond donors (Lipinski definition) is 1. The summed E-state index contributed by atoms with van der Waals surface area (Å²) in [5.41, 5.74) is 3.98. The number of anilines is 1. The normalized spacial score (nSPS) is 10.9. The van der Waals surface area contributed by atoms with Crippen molar-refractivity contribution in [1.29, 1.82) is 0 Å². The summed E-state index contributed by atoms with van der Waals surface area (Å²) in [6.45, 7) is 7.15. The molecule has 0 spiro atoms. The highest BCUT2D eigenvalue weighted by Crippen LogP contribution is 2.16. The molecule has 0 saturated carbocycles. The first-order valence-electron chi connectivity index (χ1n) is 7.61. The quantitative estimate of drug-likeness (QED) is 0.836. The SMILES string of the molecule is CCCNc1ncccc1CN(C)Cc1ccccc1C. The van der Waals surface area contributed by atoms with Crippen LogP contribution in [0.4, 0.5) is 5.82 Å². The maximum atomic E-state index is 4.46. The molecule has 0 saturated heterocycles. The molecule has 0 aliphatic rings. The van der Waals surface area contributed by atoms with Crippen LogP contribution in [0.1, 0.15) is 30.0 Å². The lowest BCUT2D eigenvalue weighted by atomic mass is 10.1. The Morgan fingerprint density at radius 2 is 1.76 bits per heavy atom. The third kappa shape index (κ3) is 4.57. The number of nitrogens with zero attached hydrogens (tertiary/aromatic N) is 2. The van der Waals surface area contributed by atoms with Gasteiger partial charge in [-0.15, -0.1) is 0 Å². The van der Waals surface area contributed by atoms with E-state index in [0.717, 1.165) is 31.9 Å². The van der Waals surface area contributed by atoms with Gasteiger partial charge in [0.05, 0.1) is 0 Å². The predicted octanol–water partition coefficient (Wildman–Crippen LogP) is 3.84. The third-order valence-corrected chi connectivity index (χ3v) is 3.58. The van der Waals surface area contributed by atoms with Crippen LogP contribution >= 0.6 is 0 Å². The predicted molar refractivity (Wildman–Crippen MR) is 89.4 cm³/mol. The number of aryl methyl sites for hydroxylation is 1. The number of rotatable bonds is 7. The van der Waals surface area contributed by atoms with E-state index in [0.29, 0.717) is 0 Å². The zero-order valence-corrected chi connectivity index (χ0v) is 13.3. The Balaban J connectivity index is 2.02. The standard InChI is InChI=1S/C18H25N3/c1-4-11-19-18-17(10-7-12-20-18)14-21(3)13-16-9-6-5-8-15(16)2/h5-10,12H,4,11,13-14H2,1-3H3,(H,19,20). The summed E-state index contributed by atoms with van der Waals surface area (Å²) < 4.78 is 0. The Hall–Kier alpha value is -1.87. The van der Waals surface area contributed by atoms with E-state index in [-0.39, 0.29) is 0 Å². The number of pyridine rings is 1. The fourth-order valence-corrected chi connectivity index (χ4v) is 2.39.